The summed E-state index contributed by atoms with van der Waals surface area (Å²) in [7, 11) is 1.56. The second-order valence-corrected chi connectivity index (χ2v) is 6.47. The van der Waals surface area contributed by atoms with Gasteiger partial charge >= 0.3 is 0 Å². The lowest BCUT2D eigenvalue weighted by atomic mass is 9.83. The number of phenolic OH excluding ortho intramolecular Hbond substituents is 1. The van der Waals surface area contributed by atoms with Gasteiger partial charge in [0.1, 0.15) is 23.1 Å². The molecule has 1 atom stereocenters. The van der Waals surface area contributed by atoms with Gasteiger partial charge in [0.05, 0.1) is 24.1 Å². The molecule has 0 saturated heterocycles. The van der Waals surface area contributed by atoms with Gasteiger partial charge in [-0.3, -0.25) is 0 Å². The number of rotatable bonds is 4. The molecule has 1 heterocycles. The smallest absolute Gasteiger partial charge is 0.205 e. The summed E-state index contributed by atoms with van der Waals surface area (Å²) in [4.78, 5) is 0. The second kappa shape index (κ2) is 7.18. The maximum atomic E-state index is 9.73. The van der Waals surface area contributed by atoms with Crippen LogP contribution in [0.15, 0.2) is 46.3 Å². The third kappa shape index (κ3) is 3.04. The van der Waals surface area contributed by atoms with E-state index in [1.165, 1.54) is 6.07 Å². The van der Waals surface area contributed by atoms with E-state index in [1.807, 2.05) is 19.1 Å². The van der Waals surface area contributed by atoms with Crippen LogP contribution in [0.1, 0.15) is 24.0 Å². The van der Waals surface area contributed by atoms with Gasteiger partial charge in [-0.1, -0.05) is 6.07 Å². The molecule has 0 spiro atoms. The number of methoxy groups -OCH3 is 1. The summed E-state index contributed by atoms with van der Waals surface area (Å²) in [5, 5.41) is 19.4. The molecule has 0 radical (unpaired) electrons. The SMILES string of the molecule is CCOc1cc([C@H]2C(C#N)=C(N)Oc3cc(O)ccc32)cc(Br)c1OC. The van der Waals surface area contributed by atoms with Crippen molar-refractivity contribution in [1.82, 2.24) is 0 Å². The van der Waals surface area contributed by atoms with E-state index in [4.69, 9.17) is 19.9 Å². The first-order valence-electron chi connectivity index (χ1n) is 7.90. The summed E-state index contributed by atoms with van der Waals surface area (Å²) in [5.41, 5.74) is 7.77. The fourth-order valence-corrected chi connectivity index (χ4v) is 3.62. The predicted molar refractivity (Wildman–Crippen MR) is 99.3 cm³/mol. The Kier molecular flexibility index (Phi) is 4.96. The van der Waals surface area contributed by atoms with Crippen molar-refractivity contribution in [3.8, 4) is 29.1 Å². The minimum Gasteiger partial charge on any atom is -0.508 e. The maximum Gasteiger partial charge on any atom is 0.205 e. The first-order chi connectivity index (χ1) is 12.5. The zero-order valence-electron chi connectivity index (χ0n) is 14.2. The van der Waals surface area contributed by atoms with Crippen LogP contribution in [-0.4, -0.2) is 18.8 Å². The number of aromatic hydroxyl groups is 1. The van der Waals surface area contributed by atoms with E-state index >= 15 is 0 Å². The third-order valence-electron chi connectivity index (χ3n) is 4.07. The Morgan fingerprint density at radius 2 is 2.12 bits per heavy atom. The minimum atomic E-state index is -0.453. The van der Waals surface area contributed by atoms with Crippen molar-refractivity contribution in [3.63, 3.8) is 0 Å². The number of ether oxygens (including phenoxy) is 3. The molecule has 2 aromatic carbocycles. The highest BCUT2D eigenvalue weighted by Crippen LogP contribution is 2.46. The number of hydrogen-bond donors (Lipinski definition) is 2. The normalized spacial score (nSPS) is 15.7. The summed E-state index contributed by atoms with van der Waals surface area (Å²) in [6, 6.07) is 10.6. The Balaban J connectivity index is 2.23. The molecule has 1 aliphatic rings. The fourth-order valence-electron chi connectivity index (χ4n) is 3.00. The van der Waals surface area contributed by atoms with E-state index in [0.717, 1.165) is 11.1 Å². The van der Waals surface area contributed by atoms with Crippen LogP contribution in [0.5, 0.6) is 23.0 Å². The van der Waals surface area contributed by atoms with Crippen LogP contribution in [0.2, 0.25) is 0 Å². The van der Waals surface area contributed by atoms with Gasteiger partial charge in [0.2, 0.25) is 5.88 Å². The van der Waals surface area contributed by atoms with Gasteiger partial charge in [-0.2, -0.15) is 5.26 Å². The molecule has 0 amide bonds. The molecule has 3 N–H and O–H groups in total. The molecule has 0 fully saturated rings. The predicted octanol–water partition coefficient (Wildman–Crippen LogP) is 3.78. The van der Waals surface area contributed by atoms with Crippen LogP contribution in [0.25, 0.3) is 0 Å². The number of benzene rings is 2. The lowest BCUT2D eigenvalue weighted by Gasteiger charge is -2.27. The van der Waals surface area contributed by atoms with Crippen LogP contribution in [0, 0.1) is 11.3 Å². The highest BCUT2D eigenvalue weighted by atomic mass is 79.9. The van der Waals surface area contributed by atoms with E-state index in [2.05, 4.69) is 22.0 Å². The van der Waals surface area contributed by atoms with Crippen molar-refractivity contribution in [2.45, 2.75) is 12.8 Å². The van der Waals surface area contributed by atoms with Crippen LogP contribution in [0.4, 0.5) is 0 Å². The number of nitrogens with zero attached hydrogens (tertiary/aromatic N) is 1. The second-order valence-electron chi connectivity index (χ2n) is 5.61. The average molecular weight is 417 g/mol. The standard InChI is InChI=1S/C19H17BrN2O4/c1-3-25-16-7-10(6-14(20)18(16)24-2)17-12-5-4-11(23)8-15(12)26-19(22)13(17)9-21/h4-8,17,23H,3,22H2,1-2H3/t17-/m1/s1. The number of phenols is 1. The molecule has 7 heteroatoms. The number of nitriles is 1. The van der Waals surface area contributed by atoms with Gasteiger partial charge in [-0.15, -0.1) is 0 Å². The first kappa shape index (κ1) is 18.0. The van der Waals surface area contributed by atoms with E-state index < -0.39 is 5.92 Å². The summed E-state index contributed by atoms with van der Waals surface area (Å²) in [5.74, 6) is 1.16. The number of fused-ring (bicyclic) bond motifs is 1. The lowest BCUT2D eigenvalue weighted by molar-refractivity contribution is 0.309. The topological polar surface area (TPSA) is 97.7 Å². The highest BCUT2D eigenvalue weighted by molar-refractivity contribution is 9.10. The van der Waals surface area contributed by atoms with Crippen LogP contribution in [0.3, 0.4) is 0 Å². The average Bonchev–Trinajstić information content (AvgIpc) is 2.60. The molecular formula is C19H17BrN2O4. The number of halogens is 1. The molecular weight excluding hydrogens is 400 g/mol. The Labute approximate surface area is 159 Å². The van der Waals surface area contributed by atoms with Gasteiger partial charge in [0.25, 0.3) is 0 Å². The molecule has 3 rings (SSSR count). The first-order valence-corrected chi connectivity index (χ1v) is 8.70. The summed E-state index contributed by atoms with van der Waals surface area (Å²) >= 11 is 3.50. The van der Waals surface area contributed by atoms with Crippen LogP contribution in [-0.2, 0) is 0 Å². The van der Waals surface area contributed by atoms with Gasteiger partial charge in [-0.05, 0) is 46.6 Å². The number of nitrogens with two attached hydrogens (primary N) is 1. The molecule has 1 aliphatic heterocycles. The van der Waals surface area contributed by atoms with Crippen LogP contribution < -0.4 is 19.9 Å². The molecule has 26 heavy (non-hydrogen) atoms. The van der Waals surface area contributed by atoms with Gasteiger partial charge in [-0.25, -0.2) is 0 Å². The molecule has 0 unspecified atom stereocenters. The molecule has 0 bridgehead atoms. The zero-order chi connectivity index (χ0) is 18.8. The van der Waals surface area contributed by atoms with Crippen molar-refractivity contribution < 1.29 is 19.3 Å². The summed E-state index contributed by atoms with van der Waals surface area (Å²) < 4.78 is 17.3. The van der Waals surface area contributed by atoms with Crippen molar-refractivity contribution in [2.75, 3.05) is 13.7 Å². The van der Waals surface area contributed by atoms with Crippen molar-refractivity contribution in [3.05, 3.63) is 57.4 Å². The summed E-state index contributed by atoms with van der Waals surface area (Å²) in [6.07, 6.45) is 0. The molecule has 0 saturated carbocycles. The van der Waals surface area contributed by atoms with E-state index in [9.17, 15) is 10.4 Å². The Hall–Kier alpha value is -2.85. The van der Waals surface area contributed by atoms with Crippen molar-refractivity contribution in [2.24, 2.45) is 5.73 Å². The van der Waals surface area contributed by atoms with Gasteiger partial charge in [0.15, 0.2) is 11.5 Å². The monoisotopic (exact) mass is 416 g/mol. The molecule has 134 valence electrons. The Morgan fingerprint density at radius 1 is 1.35 bits per heavy atom. The van der Waals surface area contributed by atoms with Gasteiger partial charge < -0.3 is 25.1 Å². The maximum absolute atomic E-state index is 9.73. The lowest BCUT2D eigenvalue weighted by Crippen LogP contribution is -2.21. The van der Waals surface area contributed by atoms with E-state index in [0.29, 0.717) is 33.9 Å². The minimum absolute atomic E-state index is 0.0144. The van der Waals surface area contributed by atoms with Crippen molar-refractivity contribution >= 4 is 15.9 Å². The highest BCUT2D eigenvalue weighted by Gasteiger charge is 2.32. The van der Waals surface area contributed by atoms with Gasteiger partial charge in [0, 0.05) is 11.6 Å². The van der Waals surface area contributed by atoms with E-state index in [-0.39, 0.29) is 11.6 Å². The van der Waals surface area contributed by atoms with Crippen molar-refractivity contribution in [1.29, 1.82) is 5.26 Å². The largest absolute Gasteiger partial charge is 0.508 e. The number of hydrogen-bond acceptors (Lipinski definition) is 6. The Bertz CT molecular complexity index is 934. The molecule has 6 nitrogen and oxygen atoms in total. The number of allylic oxidation sites excluding steroid dienone is 1. The molecule has 2 aromatic rings. The summed E-state index contributed by atoms with van der Waals surface area (Å²) in [6.45, 7) is 2.35. The fraction of sp³-hybridized carbons (Fsp3) is 0.211. The Morgan fingerprint density at radius 3 is 2.77 bits per heavy atom. The van der Waals surface area contributed by atoms with Crippen LogP contribution >= 0.6 is 15.9 Å². The third-order valence-corrected chi connectivity index (χ3v) is 4.66. The molecule has 0 aliphatic carbocycles. The molecule has 0 aromatic heterocycles. The zero-order valence-corrected chi connectivity index (χ0v) is 15.8. The van der Waals surface area contributed by atoms with E-state index in [1.54, 1.807) is 19.2 Å². The quantitative estimate of drug-likeness (QED) is 0.786.